The van der Waals surface area contributed by atoms with Gasteiger partial charge >= 0.3 is 0 Å². The fourth-order valence-corrected chi connectivity index (χ4v) is 2.10. The van der Waals surface area contributed by atoms with Crippen LogP contribution in [0.5, 0.6) is 0 Å². The Morgan fingerprint density at radius 3 is 2.46 bits per heavy atom. The van der Waals surface area contributed by atoms with E-state index in [1.54, 1.807) is 0 Å². The first kappa shape index (κ1) is 10.8. The third-order valence-electron chi connectivity index (χ3n) is 1.70. The highest BCUT2D eigenvalue weighted by Crippen LogP contribution is 2.19. The van der Waals surface area contributed by atoms with Crippen LogP contribution in [0.1, 0.15) is 12.5 Å². The van der Waals surface area contributed by atoms with Gasteiger partial charge in [-0.05, 0) is 23.4 Å². The fraction of sp³-hybridized carbons (Fsp3) is 0.300. The molecule has 2 N–H and O–H groups in total. The summed E-state index contributed by atoms with van der Waals surface area (Å²) in [6, 6.07) is 8.41. The van der Waals surface area contributed by atoms with Gasteiger partial charge in [-0.3, -0.25) is 5.14 Å². The molecule has 1 aromatic rings. The Balaban J connectivity index is 2.64. The van der Waals surface area contributed by atoms with Gasteiger partial charge in [0, 0.05) is 10.6 Å². The van der Waals surface area contributed by atoms with Gasteiger partial charge in [0.05, 0.1) is 0 Å². The number of benzene rings is 1. The van der Waals surface area contributed by atoms with Crippen LogP contribution in [0.4, 0.5) is 0 Å². The van der Waals surface area contributed by atoms with Crippen LogP contribution in [-0.4, -0.2) is 11.6 Å². The molecule has 0 aromatic heterocycles. The first-order chi connectivity index (χ1) is 6.24. The third kappa shape index (κ3) is 3.55. The van der Waals surface area contributed by atoms with E-state index in [1.807, 2.05) is 11.8 Å². The van der Waals surface area contributed by atoms with Gasteiger partial charge in [-0.25, -0.2) is 0 Å². The molecule has 1 unspecified atom stereocenters. The summed E-state index contributed by atoms with van der Waals surface area (Å²) in [5.74, 6) is 6.06. The van der Waals surface area contributed by atoms with Crippen LogP contribution in [0.3, 0.4) is 0 Å². The van der Waals surface area contributed by atoms with E-state index >= 15 is 0 Å². The van der Waals surface area contributed by atoms with Crippen LogP contribution in [-0.2, 0) is 5.75 Å². The highest BCUT2D eigenvalue weighted by atomic mass is 32.2. The lowest BCUT2D eigenvalue weighted by Crippen LogP contribution is -1.86. The van der Waals surface area contributed by atoms with Gasteiger partial charge in [-0.2, -0.15) is 11.8 Å². The van der Waals surface area contributed by atoms with Crippen LogP contribution < -0.4 is 5.14 Å². The molecule has 0 aliphatic heterocycles. The van der Waals surface area contributed by atoms with Crippen LogP contribution in [0, 0.1) is 0 Å². The molecule has 0 amide bonds. The van der Waals surface area contributed by atoms with Gasteiger partial charge in [-0.15, -0.1) is 0 Å². The van der Waals surface area contributed by atoms with Crippen molar-refractivity contribution in [1.82, 2.24) is 0 Å². The molecule has 0 radical (unpaired) electrons. The Morgan fingerprint density at radius 1 is 1.38 bits per heavy atom. The Morgan fingerprint density at radius 2 is 2.00 bits per heavy atom. The Kier molecular flexibility index (Phi) is 4.56. The van der Waals surface area contributed by atoms with Gasteiger partial charge in [0.25, 0.3) is 0 Å². The summed E-state index contributed by atoms with van der Waals surface area (Å²) in [5, 5.41) is 5.68. The van der Waals surface area contributed by atoms with Crippen molar-refractivity contribution in [1.29, 1.82) is 0 Å². The lowest BCUT2D eigenvalue weighted by atomic mass is 10.2. The molecule has 13 heavy (non-hydrogen) atoms. The SMILES string of the molecule is C=S(N)c1ccc(CSCC)cc1. The molecule has 0 aliphatic carbocycles. The molecule has 0 heterocycles. The van der Waals surface area contributed by atoms with Crippen molar-refractivity contribution < 1.29 is 0 Å². The van der Waals surface area contributed by atoms with Gasteiger partial charge in [-0.1, -0.05) is 35.6 Å². The van der Waals surface area contributed by atoms with Crippen molar-refractivity contribution in [2.45, 2.75) is 17.6 Å². The van der Waals surface area contributed by atoms with Crippen molar-refractivity contribution >= 4 is 28.3 Å². The smallest absolute Gasteiger partial charge is 0.0184 e. The maximum absolute atomic E-state index is 5.68. The standard InChI is InChI=1S/C10H15NS2/c1-3-12-8-9-4-6-10(7-5-9)13(2)11/h4-7H,2-3,8,11H2,1H3. The summed E-state index contributed by atoms with van der Waals surface area (Å²) in [6.07, 6.45) is 0. The van der Waals surface area contributed by atoms with Gasteiger partial charge in [0.15, 0.2) is 0 Å². The zero-order valence-corrected chi connectivity index (χ0v) is 9.46. The average molecular weight is 213 g/mol. The second kappa shape index (κ2) is 5.47. The summed E-state index contributed by atoms with van der Waals surface area (Å²) < 4.78 is 0. The zero-order chi connectivity index (χ0) is 9.68. The van der Waals surface area contributed by atoms with Crippen LogP contribution in [0.15, 0.2) is 29.2 Å². The van der Waals surface area contributed by atoms with E-state index in [1.165, 1.54) is 11.3 Å². The van der Waals surface area contributed by atoms with Crippen molar-refractivity contribution in [2.24, 2.45) is 5.14 Å². The van der Waals surface area contributed by atoms with Crippen molar-refractivity contribution in [3.63, 3.8) is 0 Å². The first-order valence-corrected chi connectivity index (χ1v) is 6.80. The topological polar surface area (TPSA) is 26.0 Å². The molecule has 1 aromatic carbocycles. The van der Waals surface area contributed by atoms with Gasteiger partial charge in [0.1, 0.15) is 0 Å². The highest BCUT2D eigenvalue weighted by molar-refractivity contribution is 8.12. The molecular weight excluding hydrogens is 198 g/mol. The van der Waals surface area contributed by atoms with Crippen molar-refractivity contribution in [3.05, 3.63) is 29.8 Å². The van der Waals surface area contributed by atoms with E-state index in [0.717, 1.165) is 10.6 Å². The third-order valence-corrected chi connectivity index (χ3v) is 3.52. The monoisotopic (exact) mass is 213 g/mol. The van der Waals surface area contributed by atoms with Gasteiger partial charge < -0.3 is 0 Å². The molecule has 72 valence electrons. The number of hydrogen-bond donors (Lipinski definition) is 1. The Labute approximate surface area is 86.8 Å². The van der Waals surface area contributed by atoms with Crippen molar-refractivity contribution in [2.75, 3.05) is 5.75 Å². The molecule has 1 nitrogen and oxygen atoms in total. The lowest BCUT2D eigenvalue weighted by Gasteiger charge is -2.03. The van der Waals surface area contributed by atoms with Crippen molar-refractivity contribution in [3.8, 4) is 0 Å². The predicted octanol–water partition coefficient (Wildman–Crippen LogP) is 2.87. The van der Waals surface area contributed by atoms with E-state index in [9.17, 15) is 0 Å². The van der Waals surface area contributed by atoms with Crippen LogP contribution in [0.25, 0.3) is 0 Å². The highest BCUT2D eigenvalue weighted by Gasteiger charge is 1.94. The molecule has 0 aliphatic rings. The van der Waals surface area contributed by atoms with Crippen LogP contribution in [0.2, 0.25) is 0 Å². The number of hydrogen-bond acceptors (Lipinski definition) is 2. The maximum Gasteiger partial charge on any atom is 0.0184 e. The number of thioether (sulfide) groups is 1. The summed E-state index contributed by atoms with van der Waals surface area (Å²) >= 11 is 1.93. The van der Waals surface area contributed by atoms with E-state index in [2.05, 4.69) is 37.1 Å². The fourth-order valence-electron chi connectivity index (χ4n) is 0.980. The summed E-state index contributed by atoms with van der Waals surface area (Å²) in [6.45, 7) is 2.17. The normalized spacial score (nSPS) is 12.8. The number of nitrogens with two attached hydrogens (primary N) is 1. The minimum Gasteiger partial charge on any atom is -0.280 e. The van der Waals surface area contributed by atoms with Gasteiger partial charge in [0.2, 0.25) is 0 Å². The molecular formula is C10H15NS2. The second-order valence-corrected chi connectivity index (χ2v) is 5.31. The second-order valence-electron chi connectivity index (χ2n) is 2.71. The molecule has 1 atom stereocenters. The summed E-state index contributed by atoms with van der Waals surface area (Å²) in [5.41, 5.74) is 1.36. The average Bonchev–Trinajstić information content (AvgIpc) is 2.15. The zero-order valence-electron chi connectivity index (χ0n) is 7.82. The lowest BCUT2D eigenvalue weighted by molar-refractivity contribution is 1.34. The quantitative estimate of drug-likeness (QED) is 0.778. The Hall–Kier alpha value is -0.250. The van der Waals surface area contributed by atoms with E-state index in [4.69, 9.17) is 5.14 Å². The first-order valence-electron chi connectivity index (χ1n) is 4.19. The molecule has 0 fully saturated rings. The van der Waals surface area contributed by atoms with E-state index in [0.29, 0.717) is 0 Å². The minimum absolute atomic E-state index is 0.350. The minimum atomic E-state index is -0.350. The molecule has 3 heteroatoms. The largest absolute Gasteiger partial charge is 0.280 e. The molecule has 1 rings (SSSR count). The predicted molar refractivity (Wildman–Crippen MR) is 65.4 cm³/mol. The Bertz CT molecular complexity index is 279. The number of rotatable bonds is 4. The van der Waals surface area contributed by atoms with E-state index < -0.39 is 0 Å². The van der Waals surface area contributed by atoms with Crippen LogP contribution >= 0.6 is 22.4 Å². The molecule has 0 saturated carbocycles. The molecule has 0 spiro atoms. The van der Waals surface area contributed by atoms with E-state index in [-0.39, 0.29) is 10.7 Å². The summed E-state index contributed by atoms with van der Waals surface area (Å²) in [7, 11) is -0.350. The summed E-state index contributed by atoms with van der Waals surface area (Å²) in [4.78, 5) is 1.13. The molecule has 0 saturated heterocycles. The maximum atomic E-state index is 5.68. The molecule has 0 bridgehead atoms.